The highest BCUT2D eigenvalue weighted by Crippen LogP contribution is 2.29. The van der Waals surface area contributed by atoms with E-state index in [9.17, 15) is 0 Å². The quantitative estimate of drug-likeness (QED) is 0.458. The van der Waals surface area contributed by atoms with Gasteiger partial charge in [0.15, 0.2) is 0 Å². The molecule has 0 saturated carbocycles. The standard InChI is InChI=1S/C20H27NOS/c1-4-6-16(5-2)13-14-21-15-19-11-12-20(23-19)17-7-9-18(22-3)10-8-17/h4,7-12,16,21H,1,5-6,13-15H2,2-3H3. The van der Waals surface area contributed by atoms with Crippen molar-refractivity contribution in [3.05, 3.63) is 53.9 Å². The molecular weight excluding hydrogens is 302 g/mol. The second-order valence-electron chi connectivity index (χ2n) is 5.76. The lowest BCUT2D eigenvalue weighted by Gasteiger charge is -2.12. The summed E-state index contributed by atoms with van der Waals surface area (Å²) in [6, 6.07) is 12.7. The fourth-order valence-corrected chi connectivity index (χ4v) is 3.61. The van der Waals surface area contributed by atoms with Crippen LogP contribution in [0.25, 0.3) is 10.4 Å². The van der Waals surface area contributed by atoms with Crippen LogP contribution < -0.4 is 10.1 Å². The van der Waals surface area contributed by atoms with Crippen LogP contribution in [0.4, 0.5) is 0 Å². The topological polar surface area (TPSA) is 21.3 Å². The minimum Gasteiger partial charge on any atom is -0.497 e. The van der Waals surface area contributed by atoms with Gasteiger partial charge in [-0.2, -0.15) is 0 Å². The second-order valence-corrected chi connectivity index (χ2v) is 6.93. The summed E-state index contributed by atoms with van der Waals surface area (Å²) in [7, 11) is 1.70. The molecule has 2 rings (SSSR count). The summed E-state index contributed by atoms with van der Waals surface area (Å²) in [6.45, 7) is 8.12. The molecular formula is C20H27NOS. The molecule has 0 aliphatic heterocycles. The second kappa shape index (κ2) is 9.53. The molecule has 23 heavy (non-hydrogen) atoms. The van der Waals surface area contributed by atoms with Crippen LogP contribution in [0.15, 0.2) is 49.1 Å². The molecule has 0 radical (unpaired) electrons. The van der Waals surface area contributed by atoms with Gasteiger partial charge in [0.05, 0.1) is 7.11 Å². The van der Waals surface area contributed by atoms with E-state index in [-0.39, 0.29) is 0 Å². The van der Waals surface area contributed by atoms with Crippen molar-refractivity contribution in [1.29, 1.82) is 0 Å². The van der Waals surface area contributed by atoms with Gasteiger partial charge in [-0.05, 0) is 67.3 Å². The molecule has 1 aromatic heterocycles. The molecule has 0 aliphatic rings. The average molecular weight is 330 g/mol. The van der Waals surface area contributed by atoms with Crippen molar-refractivity contribution in [1.82, 2.24) is 5.32 Å². The number of ether oxygens (including phenoxy) is 1. The van der Waals surface area contributed by atoms with Crippen molar-refractivity contribution in [2.45, 2.75) is 32.7 Å². The molecule has 0 fully saturated rings. The molecule has 0 amide bonds. The molecule has 1 N–H and O–H groups in total. The van der Waals surface area contributed by atoms with Crippen LogP contribution in [0.3, 0.4) is 0 Å². The molecule has 2 aromatic rings. The molecule has 0 bridgehead atoms. The first kappa shape index (κ1) is 17.8. The fourth-order valence-electron chi connectivity index (χ4n) is 2.63. The molecule has 1 atom stereocenters. The number of benzene rings is 1. The van der Waals surface area contributed by atoms with E-state index in [1.807, 2.05) is 29.5 Å². The van der Waals surface area contributed by atoms with Crippen molar-refractivity contribution in [3.63, 3.8) is 0 Å². The van der Waals surface area contributed by atoms with E-state index in [0.717, 1.165) is 31.2 Å². The molecule has 2 nitrogen and oxygen atoms in total. The summed E-state index contributed by atoms with van der Waals surface area (Å²) in [5.41, 5.74) is 1.25. The van der Waals surface area contributed by atoms with Crippen LogP contribution in [-0.2, 0) is 6.54 Å². The van der Waals surface area contributed by atoms with E-state index in [4.69, 9.17) is 4.74 Å². The van der Waals surface area contributed by atoms with Crippen LogP contribution in [0.2, 0.25) is 0 Å². The summed E-state index contributed by atoms with van der Waals surface area (Å²) in [5, 5.41) is 3.56. The maximum Gasteiger partial charge on any atom is 0.118 e. The van der Waals surface area contributed by atoms with E-state index < -0.39 is 0 Å². The van der Waals surface area contributed by atoms with Gasteiger partial charge < -0.3 is 10.1 Å². The Hall–Kier alpha value is -1.58. The van der Waals surface area contributed by atoms with Gasteiger partial charge >= 0.3 is 0 Å². The Morgan fingerprint density at radius 1 is 1.22 bits per heavy atom. The summed E-state index contributed by atoms with van der Waals surface area (Å²) in [4.78, 5) is 2.69. The molecule has 0 saturated heterocycles. The molecule has 3 heteroatoms. The largest absolute Gasteiger partial charge is 0.497 e. The van der Waals surface area contributed by atoms with E-state index in [0.29, 0.717) is 0 Å². The number of allylic oxidation sites excluding steroid dienone is 1. The van der Waals surface area contributed by atoms with Gasteiger partial charge in [-0.25, -0.2) is 0 Å². The maximum atomic E-state index is 5.21. The van der Waals surface area contributed by atoms with Crippen LogP contribution in [0.5, 0.6) is 5.75 Å². The highest BCUT2D eigenvalue weighted by Gasteiger charge is 2.05. The van der Waals surface area contributed by atoms with E-state index in [1.165, 1.54) is 28.2 Å². The highest BCUT2D eigenvalue weighted by molar-refractivity contribution is 7.15. The van der Waals surface area contributed by atoms with E-state index in [1.54, 1.807) is 7.11 Å². The van der Waals surface area contributed by atoms with Crippen LogP contribution in [-0.4, -0.2) is 13.7 Å². The van der Waals surface area contributed by atoms with Gasteiger partial charge in [0.2, 0.25) is 0 Å². The van der Waals surface area contributed by atoms with Crippen molar-refractivity contribution in [3.8, 4) is 16.2 Å². The number of nitrogens with one attached hydrogen (secondary N) is 1. The van der Waals surface area contributed by atoms with Crippen LogP contribution >= 0.6 is 11.3 Å². The normalized spacial score (nSPS) is 12.1. The highest BCUT2D eigenvalue weighted by atomic mass is 32.1. The summed E-state index contributed by atoms with van der Waals surface area (Å²) in [6.07, 6.45) is 5.61. The Kier molecular flexibility index (Phi) is 7.37. The van der Waals surface area contributed by atoms with Gasteiger partial charge in [-0.1, -0.05) is 19.4 Å². The fraction of sp³-hybridized carbons (Fsp3) is 0.400. The van der Waals surface area contributed by atoms with Crippen molar-refractivity contribution >= 4 is 11.3 Å². The average Bonchev–Trinajstić information content (AvgIpc) is 3.06. The molecule has 1 heterocycles. The molecule has 1 aromatic carbocycles. The maximum absolute atomic E-state index is 5.21. The van der Waals surface area contributed by atoms with Gasteiger partial charge in [0.25, 0.3) is 0 Å². The monoisotopic (exact) mass is 329 g/mol. The number of hydrogen-bond donors (Lipinski definition) is 1. The molecule has 0 aliphatic carbocycles. The third kappa shape index (κ3) is 5.52. The first-order valence-electron chi connectivity index (χ1n) is 8.31. The van der Waals surface area contributed by atoms with Crippen LogP contribution in [0.1, 0.15) is 31.1 Å². The number of rotatable bonds is 10. The molecule has 1 unspecified atom stereocenters. The zero-order valence-electron chi connectivity index (χ0n) is 14.2. The number of methoxy groups -OCH3 is 1. The number of hydrogen-bond acceptors (Lipinski definition) is 3. The Balaban J connectivity index is 1.81. The lowest BCUT2D eigenvalue weighted by atomic mass is 9.99. The minimum atomic E-state index is 0.762. The Bertz CT molecular complexity index is 588. The molecule has 124 valence electrons. The molecule has 0 spiro atoms. The third-order valence-electron chi connectivity index (χ3n) is 4.14. The lowest BCUT2D eigenvalue weighted by Crippen LogP contribution is -2.16. The van der Waals surface area contributed by atoms with E-state index in [2.05, 4.69) is 43.1 Å². The van der Waals surface area contributed by atoms with Gasteiger partial charge in [0.1, 0.15) is 5.75 Å². The van der Waals surface area contributed by atoms with Crippen molar-refractivity contribution < 1.29 is 4.74 Å². The van der Waals surface area contributed by atoms with Crippen molar-refractivity contribution in [2.24, 2.45) is 5.92 Å². The lowest BCUT2D eigenvalue weighted by molar-refractivity contribution is 0.415. The SMILES string of the molecule is C=CCC(CC)CCNCc1ccc(-c2ccc(OC)cc2)s1. The van der Waals surface area contributed by atoms with Gasteiger partial charge in [0, 0.05) is 16.3 Å². The summed E-state index contributed by atoms with van der Waals surface area (Å²) < 4.78 is 5.21. The van der Waals surface area contributed by atoms with E-state index >= 15 is 0 Å². The minimum absolute atomic E-state index is 0.762. The van der Waals surface area contributed by atoms with Crippen LogP contribution in [0, 0.1) is 5.92 Å². The van der Waals surface area contributed by atoms with Crippen molar-refractivity contribution in [2.75, 3.05) is 13.7 Å². The Morgan fingerprint density at radius 3 is 2.65 bits per heavy atom. The zero-order chi connectivity index (χ0) is 16.5. The third-order valence-corrected chi connectivity index (χ3v) is 5.28. The summed E-state index contributed by atoms with van der Waals surface area (Å²) in [5.74, 6) is 1.66. The first-order valence-corrected chi connectivity index (χ1v) is 9.13. The number of thiophene rings is 1. The Labute approximate surface area is 144 Å². The zero-order valence-corrected chi connectivity index (χ0v) is 15.0. The first-order chi connectivity index (χ1) is 11.3. The van der Waals surface area contributed by atoms with Gasteiger partial charge in [-0.3, -0.25) is 0 Å². The predicted molar refractivity (Wildman–Crippen MR) is 101 cm³/mol. The Morgan fingerprint density at radius 2 is 2.00 bits per heavy atom. The summed E-state index contributed by atoms with van der Waals surface area (Å²) >= 11 is 1.85. The predicted octanol–water partition coefficient (Wildman–Crippen LogP) is 5.51. The smallest absolute Gasteiger partial charge is 0.118 e. The van der Waals surface area contributed by atoms with Gasteiger partial charge in [-0.15, -0.1) is 17.9 Å².